The maximum absolute atomic E-state index is 11.1. The molecule has 0 saturated carbocycles. The molecule has 3 rings (SSSR count). The Morgan fingerprint density at radius 2 is 1.92 bits per heavy atom. The van der Waals surface area contributed by atoms with Gasteiger partial charge in [-0.15, -0.1) is 0 Å². The van der Waals surface area contributed by atoms with Crippen LogP contribution in [0.25, 0.3) is 5.57 Å². The van der Waals surface area contributed by atoms with Crippen molar-refractivity contribution >= 4 is 29.1 Å². The second kappa shape index (κ2) is 6.33. The molecule has 2 N–H and O–H groups in total. The van der Waals surface area contributed by atoms with Crippen molar-refractivity contribution in [2.75, 3.05) is 11.9 Å². The van der Waals surface area contributed by atoms with Crippen LogP contribution in [0.3, 0.4) is 0 Å². The van der Waals surface area contributed by atoms with Gasteiger partial charge in [0, 0.05) is 24.5 Å². The maximum atomic E-state index is 11.1. The summed E-state index contributed by atoms with van der Waals surface area (Å²) in [4.78, 5) is 17.7. The smallest absolute Gasteiger partial charge is 0.339 e. The van der Waals surface area contributed by atoms with Gasteiger partial charge in [-0.3, -0.25) is 4.99 Å². The van der Waals surface area contributed by atoms with Crippen molar-refractivity contribution in [2.24, 2.45) is 4.99 Å². The average molecular weight is 350 g/mol. The van der Waals surface area contributed by atoms with Crippen molar-refractivity contribution in [1.82, 2.24) is 0 Å². The summed E-state index contributed by atoms with van der Waals surface area (Å²) in [6, 6.07) is 10.4. The van der Waals surface area contributed by atoms with E-state index >= 15 is 0 Å². The zero-order valence-corrected chi connectivity index (χ0v) is 15.3. The SMILES string of the molecule is CC1=CC(C)(C)N(C)c2ccc(C=Nc3ccc(O)c(C(=O)O)c3)cc21. The summed E-state index contributed by atoms with van der Waals surface area (Å²) in [5.74, 6) is -1.45. The summed E-state index contributed by atoms with van der Waals surface area (Å²) >= 11 is 0. The number of anilines is 1. The van der Waals surface area contributed by atoms with E-state index in [9.17, 15) is 9.90 Å². The monoisotopic (exact) mass is 350 g/mol. The van der Waals surface area contributed by atoms with Crippen LogP contribution >= 0.6 is 0 Å². The molecular formula is C21H22N2O3. The van der Waals surface area contributed by atoms with Crippen molar-refractivity contribution in [3.8, 4) is 5.75 Å². The lowest BCUT2D eigenvalue weighted by atomic mass is 9.89. The molecule has 0 atom stereocenters. The predicted octanol–water partition coefficient (Wildman–Crippen LogP) is 4.47. The minimum atomic E-state index is -1.18. The van der Waals surface area contributed by atoms with E-state index in [-0.39, 0.29) is 16.9 Å². The Bertz CT molecular complexity index is 942. The Kier molecular flexibility index (Phi) is 4.32. The summed E-state index contributed by atoms with van der Waals surface area (Å²) in [6.07, 6.45) is 3.95. The van der Waals surface area contributed by atoms with E-state index in [0.717, 1.165) is 11.1 Å². The Morgan fingerprint density at radius 3 is 2.62 bits per heavy atom. The van der Waals surface area contributed by atoms with E-state index < -0.39 is 5.97 Å². The molecule has 0 aromatic heterocycles. The van der Waals surface area contributed by atoms with E-state index in [0.29, 0.717) is 5.69 Å². The zero-order chi connectivity index (χ0) is 19.1. The number of hydrogen-bond donors (Lipinski definition) is 2. The van der Waals surface area contributed by atoms with Crippen LogP contribution < -0.4 is 4.90 Å². The van der Waals surface area contributed by atoms with Gasteiger partial charge < -0.3 is 15.1 Å². The summed E-state index contributed by atoms with van der Waals surface area (Å²) in [5.41, 5.74) is 4.76. The molecule has 0 amide bonds. The second-order valence-electron chi connectivity index (χ2n) is 7.08. The van der Waals surface area contributed by atoms with Crippen LogP contribution in [0.4, 0.5) is 11.4 Å². The zero-order valence-electron chi connectivity index (χ0n) is 15.3. The number of benzene rings is 2. The minimum absolute atomic E-state index is 0.0358. The maximum Gasteiger partial charge on any atom is 0.339 e. The van der Waals surface area contributed by atoms with Crippen molar-refractivity contribution in [3.05, 3.63) is 59.2 Å². The first kappa shape index (κ1) is 17.7. The fourth-order valence-electron chi connectivity index (χ4n) is 3.18. The number of allylic oxidation sites excluding steroid dienone is 1. The van der Waals surface area contributed by atoms with Gasteiger partial charge in [-0.05, 0) is 62.2 Å². The third kappa shape index (κ3) is 3.20. The van der Waals surface area contributed by atoms with E-state index in [1.165, 1.54) is 23.4 Å². The van der Waals surface area contributed by atoms with Gasteiger partial charge in [0.25, 0.3) is 0 Å². The van der Waals surface area contributed by atoms with Crippen molar-refractivity contribution in [1.29, 1.82) is 0 Å². The van der Waals surface area contributed by atoms with Crippen molar-refractivity contribution < 1.29 is 15.0 Å². The Hall–Kier alpha value is -3.08. The van der Waals surface area contributed by atoms with Gasteiger partial charge in [-0.1, -0.05) is 12.1 Å². The van der Waals surface area contributed by atoms with Crippen LogP contribution in [0.2, 0.25) is 0 Å². The van der Waals surface area contributed by atoms with Crippen LogP contribution in [0.1, 0.15) is 42.3 Å². The number of phenols is 1. The van der Waals surface area contributed by atoms with Gasteiger partial charge in [0.2, 0.25) is 0 Å². The Morgan fingerprint density at radius 1 is 1.19 bits per heavy atom. The first-order chi connectivity index (χ1) is 12.2. The predicted molar refractivity (Wildman–Crippen MR) is 105 cm³/mol. The van der Waals surface area contributed by atoms with E-state index in [4.69, 9.17) is 5.11 Å². The van der Waals surface area contributed by atoms with Gasteiger partial charge in [-0.2, -0.15) is 0 Å². The number of carboxylic acid groups (broad SMARTS) is 1. The number of rotatable bonds is 3. The molecule has 5 nitrogen and oxygen atoms in total. The number of nitrogens with zero attached hydrogens (tertiary/aromatic N) is 2. The number of likely N-dealkylation sites (N-methyl/N-ethyl adjacent to an activating group) is 1. The molecule has 2 aromatic carbocycles. The number of aromatic hydroxyl groups is 1. The molecule has 0 unspecified atom stereocenters. The summed E-state index contributed by atoms with van der Waals surface area (Å²) < 4.78 is 0. The first-order valence-electron chi connectivity index (χ1n) is 8.37. The molecule has 5 heteroatoms. The topological polar surface area (TPSA) is 73.1 Å². The molecule has 0 bridgehead atoms. The molecule has 2 aromatic rings. The summed E-state index contributed by atoms with van der Waals surface area (Å²) in [5, 5.41) is 18.7. The largest absolute Gasteiger partial charge is 0.507 e. The summed E-state index contributed by atoms with van der Waals surface area (Å²) in [7, 11) is 2.08. The molecule has 0 saturated heterocycles. The highest BCUT2D eigenvalue weighted by Crippen LogP contribution is 2.38. The van der Waals surface area contributed by atoms with Crippen molar-refractivity contribution in [2.45, 2.75) is 26.3 Å². The molecule has 1 heterocycles. The quantitative estimate of drug-likeness (QED) is 0.801. The lowest BCUT2D eigenvalue weighted by Gasteiger charge is -2.40. The number of carboxylic acids is 1. The van der Waals surface area contributed by atoms with Gasteiger partial charge in [0.15, 0.2) is 0 Å². The van der Waals surface area contributed by atoms with Gasteiger partial charge in [0.05, 0.1) is 11.2 Å². The Balaban J connectivity index is 1.93. The fourth-order valence-corrected chi connectivity index (χ4v) is 3.18. The van der Waals surface area contributed by atoms with E-state index in [1.807, 2.05) is 6.07 Å². The number of aliphatic imine (C=N–C) groups is 1. The van der Waals surface area contributed by atoms with Crippen LogP contribution in [0, 0.1) is 0 Å². The third-order valence-corrected chi connectivity index (χ3v) is 4.81. The number of fused-ring (bicyclic) bond motifs is 1. The van der Waals surface area contributed by atoms with Gasteiger partial charge >= 0.3 is 5.97 Å². The van der Waals surface area contributed by atoms with Gasteiger partial charge in [0.1, 0.15) is 11.3 Å². The second-order valence-corrected chi connectivity index (χ2v) is 7.08. The third-order valence-electron chi connectivity index (χ3n) is 4.81. The fraction of sp³-hybridized carbons (Fsp3) is 0.238. The molecule has 134 valence electrons. The van der Waals surface area contributed by atoms with Gasteiger partial charge in [-0.25, -0.2) is 4.79 Å². The highest BCUT2D eigenvalue weighted by molar-refractivity contribution is 5.93. The van der Waals surface area contributed by atoms with Crippen LogP contribution in [-0.4, -0.2) is 35.0 Å². The molecule has 26 heavy (non-hydrogen) atoms. The normalized spacial score (nSPS) is 15.7. The number of hydrogen-bond acceptors (Lipinski definition) is 4. The molecule has 0 aliphatic carbocycles. The van der Waals surface area contributed by atoms with Crippen LogP contribution in [-0.2, 0) is 0 Å². The van der Waals surface area contributed by atoms with Crippen LogP contribution in [0.15, 0.2) is 47.5 Å². The standard InChI is InChI=1S/C21H22N2O3/c1-13-11-21(2,3)23(4)18-7-5-14(9-16(13)18)12-22-15-6-8-19(24)17(10-15)20(25)26/h5-12,24H,1-4H3,(H,25,26). The Labute approximate surface area is 152 Å². The average Bonchev–Trinajstić information content (AvgIpc) is 2.58. The molecule has 1 aliphatic heterocycles. The van der Waals surface area contributed by atoms with Crippen LogP contribution in [0.5, 0.6) is 5.75 Å². The first-order valence-corrected chi connectivity index (χ1v) is 8.37. The lowest BCUT2D eigenvalue weighted by molar-refractivity contribution is 0.0694. The van der Waals surface area contributed by atoms with Crippen molar-refractivity contribution in [3.63, 3.8) is 0 Å². The molecule has 1 aliphatic rings. The number of aromatic carboxylic acids is 1. The van der Waals surface area contributed by atoms with E-state index in [1.54, 1.807) is 12.3 Å². The molecular weight excluding hydrogens is 328 g/mol. The van der Waals surface area contributed by atoms with E-state index in [2.05, 4.69) is 55.9 Å². The molecule has 0 radical (unpaired) electrons. The highest BCUT2D eigenvalue weighted by atomic mass is 16.4. The molecule has 0 spiro atoms. The lowest BCUT2D eigenvalue weighted by Crippen LogP contribution is -2.42. The number of carbonyl (C=O) groups is 1. The highest BCUT2D eigenvalue weighted by Gasteiger charge is 2.28. The minimum Gasteiger partial charge on any atom is -0.507 e. The molecule has 0 fully saturated rings. The summed E-state index contributed by atoms with van der Waals surface area (Å²) in [6.45, 7) is 6.47.